The van der Waals surface area contributed by atoms with E-state index < -0.39 is 0 Å². The van der Waals surface area contributed by atoms with Gasteiger partial charge in [0.25, 0.3) is 0 Å². The van der Waals surface area contributed by atoms with Gasteiger partial charge in [-0.05, 0) is 37.1 Å². The minimum atomic E-state index is -0.110. The molecule has 3 N–H and O–H groups in total. The number of amides is 2. The van der Waals surface area contributed by atoms with Crippen molar-refractivity contribution in [3.05, 3.63) is 65.7 Å². The zero-order valence-electron chi connectivity index (χ0n) is 21.8. The number of piperazine rings is 1. The smallest absolute Gasteiger partial charge is 0.239 e. The molecule has 9 nitrogen and oxygen atoms in total. The minimum absolute atomic E-state index is 0.0859. The van der Waals surface area contributed by atoms with Crippen molar-refractivity contribution in [3.8, 4) is 11.4 Å². The molecular weight excluding hydrogens is 466 g/mol. The minimum Gasteiger partial charge on any atom is -0.369 e. The summed E-state index contributed by atoms with van der Waals surface area (Å²) in [6, 6.07) is 17.9. The van der Waals surface area contributed by atoms with Gasteiger partial charge in [-0.2, -0.15) is 0 Å². The largest absolute Gasteiger partial charge is 0.369 e. The van der Waals surface area contributed by atoms with E-state index in [1.54, 1.807) is 6.07 Å². The average molecular weight is 502 g/mol. The fourth-order valence-corrected chi connectivity index (χ4v) is 4.22. The van der Waals surface area contributed by atoms with Crippen molar-refractivity contribution in [2.24, 2.45) is 0 Å². The normalized spacial score (nSPS) is 13.8. The Kier molecular flexibility index (Phi) is 8.68. The van der Waals surface area contributed by atoms with E-state index in [-0.39, 0.29) is 11.8 Å². The zero-order valence-corrected chi connectivity index (χ0v) is 21.8. The maximum absolute atomic E-state index is 12.9. The highest BCUT2D eigenvalue weighted by Gasteiger charge is 2.20. The molecule has 1 fully saturated rings. The lowest BCUT2D eigenvalue weighted by Crippen LogP contribution is -2.48. The number of carbonyl (C=O) groups excluding carboxylic acids is 2. The van der Waals surface area contributed by atoms with Crippen LogP contribution in [0.15, 0.2) is 54.6 Å². The standard InChI is InChI=1S/C28H35N7O2/c1-20-9-10-24(17-21(20)2)35-15-13-34(14-16-35)19-27(37)31-26-18-25(30-12-11-29-22(3)36)32-28(33-26)23-7-5-4-6-8-23/h4-10,17-18H,11-16,19H2,1-3H3,(H,29,36)(H2,30,31,32,33,37). The summed E-state index contributed by atoms with van der Waals surface area (Å²) in [7, 11) is 0. The number of nitrogens with zero attached hydrogens (tertiary/aromatic N) is 4. The number of rotatable bonds is 9. The number of anilines is 3. The first-order valence-electron chi connectivity index (χ1n) is 12.6. The monoisotopic (exact) mass is 501 g/mol. The predicted molar refractivity (Wildman–Crippen MR) is 148 cm³/mol. The van der Waals surface area contributed by atoms with Crippen LogP contribution in [0, 0.1) is 13.8 Å². The molecule has 9 heteroatoms. The Balaban J connectivity index is 1.37. The highest BCUT2D eigenvalue weighted by Crippen LogP contribution is 2.22. The van der Waals surface area contributed by atoms with E-state index in [2.05, 4.69) is 67.8 Å². The van der Waals surface area contributed by atoms with Gasteiger partial charge in [0.05, 0.1) is 6.54 Å². The third-order valence-corrected chi connectivity index (χ3v) is 6.43. The molecule has 0 saturated carbocycles. The van der Waals surface area contributed by atoms with Crippen LogP contribution in [-0.4, -0.2) is 72.5 Å². The van der Waals surface area contributed by atoms with Crippen molar-refractivity contribution in [2.75, 3.05) is 61.3 Å². The van der Waals surface area contributed by atoms with E-state index in [0.29, 0.717) is 37.1 Å². The van der Waals surface area contributed by atoms with Crippen LogP contribution < -0.4 is 20.9 Å². The topological polar surface area (TPSA) is 102 Å². The third kappa shape index (κ3) is 7.50. The lowest BCUT2D eigenvalue weighted by Gasteiger charge is -2.36. The number of nitrogens with one attached hydrogen (secondary N) is 3. The Morgan fingerprint density at radius 2 is 1.59 bits per heavy atom. The maximum atomic E-state index is 12.9. The lowest BCUT2D eigenvalue weighted by molar-refractivity contribution is -0.119. The molecule has 0 atom stereocenters. The van der Waals surface area contributed by atoms with Crippen molar-refractivity contribution in [3.63, 3.8) is 0 Å². The molecule has 194 valence electrons. The summed E-state index contributed by atoms with van der Waals surface area (Å²) in [5, 5.41) is 8.90. The fraction of sp³-hybridized carbons (Fsp3) is 0.357. The fourth-order valence-electron chi connectivity index (χ4n) is 4.22. The molecule has 1 aliphatic rings. The highest BCUT2D eigenvalue weighted by atomic mass is 16.2. The van der Waals surface area contributed by atoms with E-state index in [1.165, 1.54) is 23.7 Å². The van der Waals surface area contributed by atoms with E-state index in [0.717, 1.165) is 31.7 Å². The summed E-state index contributed by atoms with van der Waals surface area (Å²) < 4.78 is 0. The summed E-state index contributed by atoms with van der Waals surface area (Å²) >= 11 is 0. The quantitative estimate of drug-likeness (QED) is 0.387. The summed E-state index contributed by atoms with van der Waals surface area (Å²) in [6.07, 6.45) is 0. The molecule has 1 aliphatic heterocycles. The third-order valence-electron chi connectivity index (χ3n) is 6.43. The van der Waals surface area contributed by atoms with Crippen LogP contribution in [0.5, 0.6) is 0 Å². The first-order valence-corrected chi connectivity index (χ1v) is 12.6. The Morgan fingerprint density at radius 3 is 2.30 bits per heavy atom. The predicted octanol–water partition coefficient (Wildman–Crippen LogP) is 3.07. The molecule has 0 spiro atoms. The van der Waals surface area contributed by atoms with Crippen LogP contribution in [0.4, 0.5) is 17.3 Å². The second-order valence-corrected chi connectivity index (χ2v) is 9.32. The Labute approximate surface area is 218 Å². The van der Waals surface area contributed by atoms with Crippen LogP contribution >= 0.6 is 0 Å². The first-order chi connectivity index (χ1) is 17.9. The van der Waals surface area contributed by atoms with E-state index >= 15 is 0 Å². The molecular formula is C28H35N7O2. The van der Waals surface area contributed by atoms with Gasteiger partial charge < -0.3 is 20.9 Å². The number of aryl methyl sites for hydroxylation is 2. The highest BCUT2D eigenvalue weighted by molar-refractivity contribution is 5.92. The molecule has 2 heterocycles. The van der Waals surface area contributed by atoms with Crippen molar-refractivity contribution in [2.45, 2.75) is 20.8 Å². The molecule has 2 amide bonds. The summed E-state index contributed by atoms with van der Waals surface area (Å²) in [6.45, 7) is 10.4. The van der Waals surface area contributed by atoms with E-state index in [1.807, 2.05) is 30.3 Å². The Bertz CT molecular complexity index is 1220. The Morgan fingerprint density at radius 1 is 0.865 bits per heavy atom. The molecule has 0 unspecified atom stereocenters. The van der Waals surface area contributed by atoms with Gasteiger partial charge in [0.15, 0.2) is 5.82 Å². The molecule has 3 aromatic rings. The van der Waals surface area contributed by atoms with Gasteiger partial charge >= 0.3 is 0 Å². The number of hydrogen-bond donors (Lipinski definition) is 3. The SMILES string of the molecule is CC(=O)NCCNc1cc(NC(=O)CN2CCN(c3ccc(C)c(C)c3)CC2)nc(-c2ccccc2)n1. The average Bonchev–Trinajstić information content (AvgIpc) is 2.89. The van der Waals surface area contributed by atoms with Gasteiger partial charge in [-0.25, -0.2) is 9.97 Å². The second-order valence-electron chi connectivity index (χ2n) is 9.32. The molecule has 4 rings (SSSR count). The van der Waals surface area contributed by atoms with Gasteiger partial charge in [-0.1, -0.05) is 36.4 Å². The van der Waals surface area contributed by atoms with Crippen LogP contribution in [0.2, 0.25) is 0 Å². The summed E-state index contributed by atoms with van der Waals surface area (Å²) in [4.78, 5) is 37.8. The van der Waals surface area contributed by atoms with Gasteiger partial charge in [0.2, 0.25) is 11.8 Å². The van der Waals surface area contributed by atoms with Gasteiger partial charge in [0.1, 0.15) is 11.6 Å². The lowest BCUT2D eigenvalue weighted by atomic mass is 10.1. The molecule has 2 aromatic carbocycles. The van der Waals surface area contributed by atoms with E-state index in [4.69, 9.17) is 0 Å². The summed E-state index contributed by atoms with van der Waals surface area (Å²) in [5.41, 5.74) is 4.68. The van der Waals surface area contributed by atoms with E-state index in [9.17, 15) is 9.59 Å². The van der Waals surface area contributed by atoms with Crippen LogP contribution in [0.3, 0.4) is 0 Å². The molecule has 37 heavy (non-hydrogen) atoms. The number of benzene rings is 2. The first kappa shape index (κ1) is 26.1. The van der Waals surface area contributed by atoms with Gasteiger partial charge in [0, 0.05) is 63.5 Å². The number of aromatic nitrogens is 2. The van der Waals surface area contributed by atoms with Crippen molar-refractivity contribution in [1.82, 2.24) is 20.2 Å². The zero-order chi connectivity index (χ0) is 26.2. The van der Waals surface area contributed by atoms with Crippen LogP contribution in [0.25, 0.3) is 11.4 Å². The van der Waals surface area contributed by atoms with Crippen molar-refractivity contribution >= 4 is 29.1 Å². The number of hydrogen-bond acceptors (Lipinski definition) is 7. The molecule has 0 radical (unpaired) electrons. The van der Waals surface area contributed by atoms with Crippen molar-refractivity contribution < 1.29 is 9.59 Å². The number of carbonyl (C=O) groups is 2. The van der Waals surface area contributed by atoms with Gasteiger partial charge in [-0.15, -0.1) is 0 Å². The van der Waals surface area contributed by atoms with Crippen LogP contribution in [-0.2, 0) is 9.59 Å². The maximum Gasteiger partial charge on any atom is 0.239 e. The van der Waals surface area contributed by atoms with Crippen molar-refractivity contribution in [1.29, 1.82) is 0 Å². The molecule has 1 aromatic heterocycles. The Hall–Kier alpha value is -3.98. The van der Waals surface area contributed by atoms with Gasteiger partial charge in [-0.3, -0.25) is 14.5 Å². The molecule has 0 aliphatic carbocycles. The molecule has 0 bridgehead atoms. The molecule has 1 saturated heterocycles. The second kappa shape index (κ2) is 12.3. The summed E-state index contributed by atoms with van der Waals surface area (Å²) in [5.74, 6) is 1.34. The van der Waals surface area contributed by atoms with Crippen LogP contribution in [0.1, 0.15) is 18.1 Å².